The predicted molar refractivity (Wildman–Crippen MR) is 44.9 cm³/mol. The quantitative estimate of drug-likeness (QED) is 0.773. The van der Waals surface area contributed by atoms with Crippen LogP contribution in [0.4, 0.5) is 8.78 Å². The number of unbranched alkanes of at least 4 members (excludes halogenated alkanes) is 1. The summed E-state index contributed by atoms with van der Waals surface area (Å²) in [6.45, 7) is 2.45. The maximum atomic E-state index is 12.1. The molecule has 5 heteroatoms. The number of halogens is 2. The van der Waals surface area contributed by atoms with Gasteiger partial charge in [-0.1, -0.05) is 13.3 Å². The van der Waals surface area contributed by atoms with E-state index in [1.54, 1.807) is 0 Å². The molecule has 0 saturated heterocycles. The number of aromatic amines is 1. The number of alkyl halides is 2. The summed E-state index contributed by atoms with van der Waals surface area (Å²) in [5.41, 5.74) is -0.690. The molecule has 0 bridgehead atoms. The molecule has 13 heavy (non-hydrogen) atoms. The minimum absolute atomic E-state index is 0.305. The Hall–Kier alpha value is -1.13. The molecule has 0 aliphatic heterocycles. The van der Waals surface area contributed by atoms with Crippen molar-refractivity contribution >= 4 is 0 Å². The number of H-pyrrole nitrogens is 1. The van der Waals surface area contributed by atoms with Crippen molar-refractivity contribution in [1.29, 1.82) is 0 Å². The van der Waals surface area contributed by atoms with E-state index in [0.717, 1.165) is 18.9 Å². The number of nitrogens with one attached hydrogen (secondary N) is 1. The van der Waals surface area contributed by atoms with Crippen LogP contribution < -0.4 is 5.56 Å². The summed E-state index contributed by atoms with van der Waals surface area (Å²) in [5.74, 6) is 0. The Kier molecular flexibility index (Phi) is 3.22. The Morgan fingerprint density at radius 3 is 2.77 bits per heavy atom. The van der Waals surface area contributed by atoms with Crippen molar-refractivity contribution in [3.8, 4) is 0 Å². The smallest absolute Gasteiger partial charge is 0.279 e. The Labute approximate surface area is 74.4 Å². The van der Waals surface area contributed by atoms with E-state index in [4.69, 9.17) is 0 Å². The highest BCUT2D eigenvalue weighted by Gasteiger charge is 2.11. The zero-order valence-corrected chi connectivity index (χ0v) is 7.39. The Bertz CT molecular complexity index is 316. The van der Waals surface area contributed by atoms with Gasteiger partial charge in [-0.15, -0.1) is 0 Å². The topological polar surface area (TPSA) is 37.8 Å². The molecule has 0 spiro atoms. The van der Waals surface area contributed by atoms with Gasteiger partial charge in [0.25, 0.3) is 12.0 Å². The standard InChI is InChI=1S/C8H12F2N2O/c1-2-3-4-12-7(13)5-6(11-12)8(9)10/h5,8,11H,2-4H2,1H3. The number of aromatic nitrogens is 2. The van der Waals surface area contributed by atoms with Crippen LogP contribution in [-0.4, -0.2) is 9.78 Å². The second-order valence-corrected chi connectivity index (χ2v) is 2.86. The zero-order valence-electron chi connectivity index (χ0n) is 7.39. The third-order valence-corrected chi connectivity index (χ3v) is 1.78. The van der Waals surface area contributed by atoms with Gasteiger partial charge in [-0.2, -0.15) is 0 Å². The van der Waals surface area contributed by atoms with Crippen LogP contribution in [0.3, 0.4) is 0 Å². The second-order valence-electron chi connectivity index (χ2n) is 2.86. The molecule has 74 valence electrons. The number of hydrogen-bond acceptors (Lipinski definition) is 1. The largest absolute Gasteiger partial charge is 0.294 e. The average Bonchev–Trinajstić information content (AvgIpc) is 2.44. The molecule has 0 amide bonds. The molecule has 1 rings (SSSR count). The van der Waals surface area contributed by atoms with Crippen molar-refractivity contribution < 1.29 is 8.78 Å². The fourth-order valence-corrected chi connectivity index (χ4v) is 1.05. The molecule has 0 radical (unpaired) electrons. The normalized spacial score (nSPS) is 11.1. The summed E-state index contributed by atoms with van der Waals surface area (Å²) in [6, 6.07) is 0.945. The van der Waals surface area contributed by atoms with E-state index in [9.17, 15) is 13.6 Å². The molecule has 1 heterocycles. The van der Waals surface area contributed by atoms with Crippen LogP contribution in [0.2, 0.25) is 0 Å². The predicted octanol–water partition coefficient (Wildman–Crippen LogP) is 1.91. The van der Waals surface area contributed by atoms with Gasteiger partial charge in [0.1, 0.15) is 5.69 Å². The second kappa shape index (κ2) is 4.20. The van der Waals surface area contributed by atoms with Crippen molar-refractivity contribution in [2.75, 3.05) is 0 Å². The molecule has 0 aliphatic rings. The molecule has 0 atom stereocenters. The molecule has 1 aromatic heterocycles. The molecule has 1 aromatic rings. The third kappa shape index (κ3) is 2.40. The first-order valence-corrected chi connectivity index (χ1v) is 4.23. The van der Waals surface area contributed by atoms with Gasteiger partial charge in [0.2, 0.25) is 0 Å². The molecule has 1 N–H and O–H groups in total. The Morgan fingerprint density at radius 1 is 1.62 bits per heavy atom. The van der Waals surface area contributed by atoms with Crippen LogP contribution in [0.5, 0.6) is 0 Å². The monoisotopic (exact) mass is 190 g/mol. The Morgan fingerprint density at radius 2 is 2.31 bits per heavy atom. The van der Waals surface area contributed by atoms with Crippen molar-refractivity contribution in [1.82, 2.24) is 9.78 Å². The van der Waals surface area contributed by atoms with Crippen molar-refractivity contribution in [3.63, 3.8) is 0 Å². The highest BCUT2D eigenvalue weighted by atomic mass is 19.3. The summed E-state index contributed by atoms with van der Waals surface area (Å²) in [5, 5.41) is 2.37. The minimum atomic E-state index is -2.60. The molecular formula is C8H12F2N2O. The van der Waals surface area contributed by atoms with E-state index in [1.807, 2.05) is 6.92 Å². The van der Waals surface area contributed by atoms with Gasteiger partial charge in [-0.25, -0.2) is 8.78 Å². The average molecular weight is 190 g/mol. The van der Waals surface area contributed by atoms with Gasteiger partial charge in [0, 0.05) is 12.6 Å². The van der Waals surface area contributed by atoms with Gasteiger partial charge in [0.15, 0.2) is 0 Å². The lowest BCUT2D eigenvalue weighted by Crippen LogP contribution is -2.15. The van der Waals surface area contributed by atoms with E-state index in [2.05, 4.69) is 5.10 Å². The lowest BCUT2D eigenvalue weighted by molar-refractivity contribution is 0.145. The highest BCUT2D eigenvalue weighted by Crippen LogP contribution is 2.13. The summed E-state index contributed by atoms with van der Waals surface area (Å²) < 4.78 is 25.4. The molecule has 3 nitrogen and oxygen atoms in total. The van der Waals surface area contributed by atoms with Crippen molar-refractivity contribution in [2.24, 2.45) is 0 Å². The minimum Gasteiger partial charge on any atom is -0.294 e. The van der Waals surface area contributed by atoms with E-state index in [1.165, 1.54) is 4.68 Å². The van der Waals surface area contributed by atoms with Crippen LogP contribution in [0.15, 0.2) is 10.9 Å². The SMILES string of the molecule is CCCCn1[nH]c(C(F)F)cc1=O. The first kappa shape index (κ1) is 9.95. The summed E-state index contributed by atoms with van der Waals surface area (Å²) in [6.07, 6.45) is -0.867. The van der Waals surface area contributed by atoms with Gasteiger partial charge < -0.3 is 0 Å². The number of nitrogens with zero attached hydrogens (tertiary/aromatic N) is 1. The zero-order chi connectivity index (χ0) is 9.84. The van der Waals surface area contributed by atoms with Gasteiger partial charge in [-0.3, -0.25) is 14.6 Å². The number of rotatable bonds is 4. The van der Waals surface area contributed by atoms with E-state index >= 15 is 0 Å². The maximum Gasteiger partial charge on any atom is 0.279 e. The fourth-order valence-electron chi connectivity index (χ4n) is 1.05. The van der Waals surface area contributed by atoms with Crippen LogP contribution in [-0.2, 0) is 6.54 Å². The Balaban J connectivity index is 2.78. The number of hydrogen-bond donors (Lipinski definition) is 1. The van der Waals surface area contributed by atoms with Crippen LogP contribution in [0, 0.1) is 0 Å². The summed E-state index contributed by atoms with van der Waals surface area (Å²) in [4.78, 5) is 11.0. The molecule has 0 aromatic carbocycles. The van der Waals surface area contributed by atoms with Gasteiger partial charge in [0.05, 0.1) is 0 Å². The first-order chi connectivity index (χ1) is 6.15. The molecule has 0 unspecified atom stereocenters. The lowest BCUT2D eigenvalue weighted by atomic mass is 10.3. The van der Waals surface area contributed by atoms with Crippen LogP contribution in [0.1, 0.15) is 31.9 Å². The molecule has 0 saturated carbocycles. The molecular weight excluding hydrogens is 178 g/mol. The van der Waals surface area contributed by atoms with E-state index in [-0.39, 0.29) is 11.3 Å². The van der Waals surface area contributed by atoms with Crippen LogP contribution >= 0.6 is 0 Å². The maximum absolute atomic E-state index is 12.1. The molecule has 0 fully saturated rings. The molecule has 0 aliphatic carbocycles. The lowest BCUT2D eigenvalue weighted by Gasteiger charge is -1.99. The van der Waals surface area contributed by atoms with Crippen LogP contribution in [0.25, 0.3) is 0 Å². The highest BCUT2D eigenvalue weighted by molar-refractivity contribution is 5.00. The number of aryl methyl sites for hydroxylation is 1. The van der Waals surface area contributed by atoms with Crippen molar-refractivity contribution in [3.05, 3.63) is 22.1 Å². The fraction of sp³-hybridized carbons (Fsp3) is 0.625. The first-order valence-electron chi connectivity index (χ1n) is 4.23. The third-order valence-electron chi connectivity index (χ3n) is 1.78. The van der Waals surface area contributed by atoms with E-state index < -0.39 is 6.43 Å². The van der Waals surface area contributed by atoms with Crippen molar-refractivity contribution in [2.45, 2.75) is 32.7 Å². The van der Waals surface area contributed by atoms with Gasteiger partial charge >= 0.3 is 0 Å². The summed E-state index contributed by atoms with van der Waals surface area (Å²) >= 11 is 0. The van der Waals surface area contributed by atoms with Gasteiger partial charge in [-0.05, 0) is 6.42 Å². The van der Waals surface area contributed by atoms with E-state index in [0.29, 0.717) is 6.54 Å². The summed E-state index contributed by atoms with van der Waals surface area (Å²) in [7, 11) is 0.